The molecule has 2 rings (SSSR count). The predicted molar refractivity (Wildman–Crippen MR) is 75.2 cm³/mol. The van der Waals surface area contributed by atoms with Crippen molar-refractivity contribution in [2.45, 2.75) is 6.36 Å². The monoisotopic (exact) mass is 330 g/mol. The van der Waals surface area contributed by atoms with Crippen LogP contribution in [0.15, 0.2) is 60.7 Å². The molecular formula is C15H13F3O5. The van der Waals surface area contributed by atoms with E-state index < -0.39 is 18.1 Å². The lowest BCUT2D eigenvalue weighted by Crippen LogP contribution is -2.17. The average Bonchev–Trinajstić information content (AvgIpc) is 2.49. The highest BCUT2D eigenvalue weighted by Crippen LogP contribution is 2.22. The molecule has 0 saturated heterocycles. The maximum Gasteiger partial charge on any atom is 0.573 e. The van der Waals surface area contributed by atoms with Crippen LogP contribution in [0.25, 0.3) is 0 Å². The Morgan fingerprint density at radius 1 is 0.957 bits per heavy atom. The number of hydrogen-bond donors (Lipinski definition) is 2. The molecule has 2 aromatic carbocycles. The molecule has 0 radical (unpaired) electrons. The van der Waals surface area contributed by atoms with Crippen LogP contribution in [-0.4, -0.2) is 29.0 Å². The molecule has 5 nitrogen and oxygen atoms in total. The first kappa shape index (κ1) is 20.0. The molecule has 0 amide bonds. The quantitative estimate of drug-likeness (QED) is 0.821. The van der Waals surface area contributed by atoms with Crippen molar-refractivity contribution < 1.29 is 37.7 Å². The number of carboxylic acid groups (broad SMARTS) is 2. The number of ether oxygens (including phenoxy) is 1. The summed E-state index contributed by atoms with van der Waals surface area (Å²) >= 11 is 0. The Labute approximate surface area is 129 Å². The van der Waals surface area contributed by atoms with Crippen molar-refractivity contribution in [2.24, 2.45) is 0 Å². The average molecular weight is 330 g/mol. The van der Waals surface area contributed by atoms with Crippen LogP contribution in [-0.2, 0) is 4.79 Å². The van der Waals surface area contributed by atoms with Crippen molar-refractivity contribution in [1.29, 1.82) is 0 Å². The lowest BCUT2D eigenvalue weighted by atomic mass is 10.2. The van der Waals surface area contributed by atoms with Crippen molar-refractivity contribution in [2.75, 3.05) is 0 Å². The topological polar surface area (TPSA) is 83.8 Å². The zero-order chi connectivity index (χ0) is 17.7. The minimum atomic E-state index is -4.76. The fourth-order valence-corrected chi connectivity index (χ4v) is 1.18. The number of aromatic carboxylic acids is 1. The Kier molecular flexibility index (Phi) is 9.26. The molecular weight excluding hydrogens is 317 g/mol. The van der Waals surface area contributed by atoms with Crippen LogP contribution in [0.2, 0.25) is 0 Å². The molecule has 124 valence electrons. The van der Waals surface area contributed by atoms with Crippen molar-refractivity contribution in [3.05, 3.63) is 66.2 Å². The van der Waals surface area contributed by atoms with Gasteiger partial charge in [0, 0.05) is 0 Å². The molecule has 0 aliphatic heterocycles. The van der Waals surface area contributed by atoms with E-state index in [2.05, 4.69) is 4.74 Å². The summed E-state index contributed by atoms with van der Waals surface area (Å²) in [5, 5.41) is 15.3. The molecule has 0 bridgehead atoms. The van der Waals surface area contributed by atoms with E-state index in [1.165, 1.54) is 0 Å². The maximum atomic E-state index is 11.7. The number of benzene rings is 2. The number of carboxylic acids is 1. The molecule has 0 saturated carbocycles. The Balaban J connectivity index is 0.000000442. The van der Waals surface area contributed by atoms with Crippen LogP contribution >= 0.6 is 0 Å². The van der Waals surface area contributed by atoms with Gasteiger partial charge in [0.1, 0.15) is 5.75 Å². The molecule has 8 heteroatoms. The molecule has 0 aliphatic rings. The number of hydrogen-bond acceptors (Lipinski definition) is 3. The van der Waals surface area contributed by atoms with Crippen LogP contribution in [0.3, 0.4) is 0 Å². The van der Waals surface area contributed by atoms with Crippen LogP contribution in [0.4, 0.5) is 13.2 Å². The van der Waals surface area contributed by atoms with E-state index in [9.17, 15) is 18.0 Å². The number of carbonyl (C=O) groups is 2. The summed E-state index contributed by atoms with van der Waals surface area (Å²) in [5.41, 5.74) is -0.0977. The minimum Gasteiger partial charge on any atom is -0.483 e. The van der Waals surface area contributed by atoms with Gasteiger partial charge in [0.25, 0.3) is 6.47 Å². The minimum absolute atomic E-state index is 0.0977. The number of rotatable bonds is 2. The third-order valence-corrected chi connectivity index (χ3v) is 2.00. The summed E-state index contributed by atoms with van der Waals surface area (Å²) in [6.45, 7) is -0.250. The van der Waals surface area contributed by atoms with E-state index in [0.29, 0.717) is 0 Å². The molecule has 2 N–H and O–H groups in total. The zero-order valence-corrected chi connectivity index (χ0v) is 11.6. The lowest BCUT2D eigenvalue weighted by molar-refractivity contribution is -0.274. The number of alkyl halides is 3. The van der Waals surface area contributed by atoms with E-state index in [1.807, 2.05) is 36.4 Å². The van der Waals surface area contributed by atoms with Crippen molar-refractivity contribution >= 4 is 12.4 Å². The van der Waals surface area contributed by atoms with E-state index in [4.69, 9.17) is 15.0 Å². The first-order valence-electron chi connectivity index (χ1n) is 5.97. The van der Waals surface area contributed by atoms with E-state index in [0.717, 1.165) is 24.3 Å². The molecule has 0 aliphatic carbocycles. The van der Waals surface area contributed by atoms with Gasteiger partial charge in [-0.3, -0.25) is 4.79 Å². The summed E-state index contributed by atoms with van der Waals surface area (Å²) in [6, 6.07) is 15.9. The van der Waals surface area contributed by atoms with E-state index in [-0.39, 0.29) is 12.0 Å². The van der Waals surface area contributed by atoms with Gasteiger partial charge in [-0.05, 0) is 24.3 Å². The third kappa shape index (κ3) is 11.3. The van der Waals surface area contributed by atoms with E-state index >= 15 is 0 Å². The molecule has 23 heavy (non-hydrogen) atoms. The van der Waals surface area contributed by atoms with Crippen LogP contribution in [0.5, 0.6) is 5.75 Å². The van der Waals surface area contributed by atoms with Crippen LogP contribution < -0.4 is 4.74 Å². The van der Waals surface area contributed by atoms with Crippen molar-refractivity contribution in [1.82, 2.24) is 0 Å². The Hall–Kier alpha value is -3.03. The molecule has 2 aromatic rings. The Morgan fingerprint density at radius 2 is 1.30 bits per heavy atom. The summed E-state index contributed by atoms with van der Waals surface area (Å²) < 4.78 is 38.5. The van der Waals surface area contributed by atoms with Gasteiger partial charge in [0.05, 0.1) is 5.56 Å². The fraction of sp³-hybridized carbons (Fsp3) is 0.0667. The molecule has 0 spiro atoms. The van der Waals surface area contributed by atoms with Gasteiger partial charge < -0.3 is 14.9 Å². The van der Waals surface area contributed by atoms with Gasteiger partial charge in [0.15, 0.2) is 0 Å². The highest BCUT2D eigenvalue weighted by Gasteiger charge is 2.30. The summed E-state index contributed by atoms with van der Waals surface area (Å²) in [4.78, 5) is 18.7. The van der Waals surface area contributed by atoms with Gasteiger partial charge >= 0.3 is 12.3 Å². The molecule has 0 aromatic heterocycles. The SMILES string of the molecule is O=C(O)c1ccc(OC(F)(F)F)cc1.O=CO.c1ccccc1. The van der Waals surface area contributed by atoms with Gasteiger partial charge in [-0.2, -0.15) is 0 Å². The first-order chi connectivity index (χ1) is 10.8. The standard InChI is InChI=1S/C8H5F3O3.C6H6.CH2O2/c9-8(10,11)14-6-3-1-5(2-4-6)7(12)13;1-2-4-6-5-3-1;2-1-3/h1-4H,(H,12,13);1-6H;1H,(H,2,3). The van der Waals surface area contributed by atoms with Crippen LogP contribution in [0, 0.1) is 0 Å². The zero-order valence-electron chi connectivity index (χ0n) is 11.6. The number of halogens is 3. The highest BCUT2D eigenvalue weighted by molar-refractivity contribution is 5.87. The summed E-state index contributed by atoms with van der Waals surface area (Å²) in [7, 11) is 0. The second kappa shape index (κ2) is 10.7. The third-order valence-electron chi connectivity index (χ3n) is 2.00. The van der Waals surface area contributed by atoms with Gasteiger partial charge in [-0.15, -0.1) is 13.2 Å². The Bertz CT molecular complexity index is 541. The predicted octanol–water partition coefficient (Wildman–Crippen LogP) is 3.67. The second-order valence-corrected chi connectivity index (χ2v) is 3.64. The summed E-state index contributed by atoms with van der Waals surface area (Å²) in [5.74, 6) is -1.65. The van der Waals surface area contributed by atoms with Crippen LogP contribution in [0.1, 0.15) is 10.4 Å². The van der Waals surface area contributed by atoms with Crippen molar-refractivity contribution in [3.8, 4) is 5.75 Å². The highest BCUT2D eigenvalue weighted by atomic mass is 19.4. The van der Waals surface area contributed by atoms with E-state index in [1.54, 1.807) is 0 Å². The largest absolute Gasteiger partial charge is 0.573 e. The van der Waals surface area contributed by atoms with Gasteiger partial charge in [0.2, 0.25) is 0 Å². The Morgan fingerprint density at radius 3 is 1.57 bits per heavy atom. The lowest BCUT2D eigenvalue weighted by Gasteiger charge is -2.08. The summed E-state index contributed by atoms with van der Waals surface area (Å²) in [6.07, 6.45) is -4.76. The molecule has 0 fully saturated rings. The molecule has 0 unspecified atom stereocenters. The first-order valence-corrected chi connectivity index (χ1v) is 5.97. The van der Waals surface area contributed by atoms with Gasteiger partial charge in [-0.25, -0.2) is 4.79 Å². The van der Waals surface area contributed by atoms with Gasteiger partial charge in [-0.1, -0.05) is 36.4 Å². The maximum absolute atomic E-state index is 11.7. The fourth-order valence-electron chi connectivity index (χ4n) is 1.18. The van der Waals surface area contributed by atoms with Crippen molar-refractivity contribution in [3.63, 3.8) is 0 Å². The molecule has 0 atom stereocenters. The smallest absolute Gasteiger partial charge is 0.483 e. The second-order valence-electron chi connectivity index (χ2n) is 3.64. The molecule has 0 heterocycles. The normalized spacial score (nSPS) is 9.35.